The van der Waals surface area contributed by atoms with Gasteiger partial charge >= 0.3 is 5.97 Å². The highest BCUT2D eigenvalue weighted by atomic mass is 35.5. The highest BCUT2D eigenvalue weighted by Gasteiger charge is 2.20. The van der Waals surface area contributed by atoms with Crippen molar-refractivity contribution in [3.8, 4) is 5.75 Å². The van der Waals surface area contributed by atoms with Crippen LogP contribution in [-0.2, 0) is 4.79 Å². The van der Waals surface area contributed by atoms with Crippen molar-refractivity contribution >= 4 is 17.6 Å². The van der Waals surface area contributed by atoms with E-state index < -0.39 is 12.0 Å². The zero-order chi connectivity index (χ0) is 15.1. The standard InChI is InChI=1S/C14H21ClN2O3/c1-3-17(4-2)8-7-16-13(14(19)20)10-5-6-12(18)11(15)9-10/h5-6,9,13,16,18H,3-4,7-8H2,1-2H3,(H,19,20). The van der Waals surface area contributed by atoms with Crippen LogP contribution in [0.3, 0.4) is 0 Å². The number of likely N-dealkylation sites (N-methyl/N-ethyl adjacent to an activating group) is 1. The number of halogens is 1. The van der Waals surface area contributed by atoms with Gasteiger partial charge in [0.25, 0.3) is 0 Å². The molecule has 0 saturated heterocycles. The number of benzene rings is 1. The molecular formula is C14H21ClN2O3. The van der Waals surface area contributed by atoms with E-state index in [9.17, 15) is 15.0 Å². The molecule has 1 rings (SSSR count). The summed E-state index contributed by atoms with van der Waals surface area (Å²) in [5.74, 6) is -1.02. The predicted molar refractivity (Wildman–Crippen MR) is 79.3 cm³/mol. The van der Waals surface area contributed by atoms with Gasteiger partial charge in [0.05, 0.1) is 5.02 Å². The maximum absolute atomic E-state index is 11.3. The maximum Gasteiger partial charge on any atom is 0.325 e. The lowest BCUT2D eigenvalue weighted by molar-refractivity contribution is -0.139. The molecule has 1 unspecified atom stereocenters. The summed E-state index contributed by atoms with van der Waals surface area (Å²) in [7, 11) is 0. The minimum atomic E-state index is -0.966. The van der Waals surface area contributed by atoms with Gasteiger partial charge in [0.1, 0.15) is 11.8 Å². The number of nitrogens with one attached hydrogen (secondary N) is 1. The van der Waals surface area contributed by atoms with Gasteiger partial charge < -0.3 is 15.1 Å². The fraction of sp³-hybridized carbons (Fsp3) is 0.500. The Morgan fingerprint density at radius 1 is 1.40 bits per heavy atom. The molecule has 0 bridgehead atoms. The summed E-state index contributed by atoms with van der Waals surface area (Å²) < 4.78 is 0. The molecule has 5 nitrogen and oxygen atoms in total. The first kappa shape index (κ1) is 16.8. The molecular weight excluding hydrogens is 280 g/mol. The molecule has 0 spiro atoms. The van der Waals surface area contributed by atoms with Crippen molar-refractivity contribution in [3.05, 3.63) is 28.8 Å². The summed E-state index contributed by atoms with van der Waals surface area (Å²) >= 11 is 5.81. The molecule has 0 heterocycles. The summed E-state index contributed by atoms with van der Waals surface area (Å²) in [5.41, 5.74) is 0.528. The summed E-state index contributed by atoms with van der Waals surface area (Å²) in [6, 6.07) is 3.60. The first-order valence-corrected chi connectivity index (χ1v) is 7.04. The van der Waals surface area contributed by atoms with Crippen LogP contribution in [0.5, 0.6) is 5.75 Å². The number of carbonyl (C=O) groups is 1. The van der Waals surface area contributed by atoms with Crippen LogP contribution in [0.25, 0.3) is 0 Å². The van der Waals surface area contributed by atoms with Crippen LogP contribution >= 0.6 is 11.6 Å². The summed E-state index contributed by atoms with van der Waals surface area (Å²) in [4.78, 5) is 13.5. The Kier molecular flexibility index (Phi) is 6.78. The van der Waals surface area contributed by atoms with Crippen LogP contribution in [0.2, 0.25) is 5.02 Å². The number of aromatic hydroxyl groups is 1. The lowest BCUT2D eigenvalue weighted by Crippen LogP contribution is -2.36. The third-order valence-electron chi connectivity index (χ3n) is 3.22. The molecule has 1 atom stereocenters. The SMILES string of the molecule is CCN(CC)CCNC(C(=O)O)c1ccc(O)c(Cl)c1. The van der Waals surface area contributed by atoms with E-state index in [1.807, 2.05) is 0 Å². The van der Waals surface area contributed by atoms with E-state index in [0.29, 0.717) is 12.1 Å². The highest BCUT2D eigenvalue weighted by Crippen LogP contribution is 2.26. The quantitative estimate of drug-likeness (QED) is 0.686. The molecule has 1 aromatic carbocycles. The first-order chi connectivity index (χ1) is 9.49. The zero-order valence-corrected chi connectivity index (χ0v) is 12.5. The van der Waals surface area contributed by atoms with Gasteiger partial charge in [0.2, 0.25) is 0 Å². The Morgan fingerprint density at radius 3 is 2.55 bits per heavy atom. The number of hydrogen-bond acceptors (Lipinski definition) is 4. The van der Waals surface area contributed by atoms with Crippen molar-refractivity contribution in [1.29, 1.82) is 0 Å². The third kappa shape index (κ3) is 4.67. The minimum Gasteiger partial charge on any atom is -0.506 e. The van der Waals surface area contributed by atoms with Crippen molar-refractivity contribution in [1.82, 2.24) is 10.2 Å². The average molecular weight is 301 g/mol. The van der Waals surface area contributed by atoms with E-state index in [2.05, 4.69) is 24.1 Å². The molecule has 6 heteroatoms. The van der Waals surface area contributed by atoms with E-state index in [1.54, 1.807) is 6.07 Å². The molecule has 112 valence electrons. The second-order valence-corrected chi connectivity index (χ2v) is 4.87. The molecule has 1 aromatic rings. The smallest absolute Gasteiger partial charge is 0.325 e. The summed E-state index contributed by atoms with van der Waals surface area (Å²) in [6.07, 6.45) is 0. The van der Waals surface area contributed by atoms with E-state index in [4.69, 9.17) is 11.6 Å². The molecule has 0 aliphatic carbocycles. The number of carboxylic acid groups (broad SMARTS) is 1. The van der Waals surface area contributed by atoms with Crippen molar-refractivity contribution in [2.75, 3.05) is 26.2 Å². The third-order valence-corrected chi connectivity index (χ3v) is 3.53. The van der Waals surface area contributed by atoms with Gasteiger partial charge in [-0.05, 0) is 30.8 Å². The van der Waals surface area contributed by atoms with Gasteiger partial charge in [-0.1, -0.05) is 31.5 Å². The van der Waals surface area contributed by atoms with Gasteiger partial charge in [-0.15, -0.1) is 0 Å². The topological polar surface area (TPSA) is 72.8 Å². The Balaban J connectivity index is 2.69. The van der Waals surface area contributed by atoms with Crippen LogP contribution in [0, 0.1) is 0 Å². The molecule has 0 radical (unpaired) electrons. The largest absolute Gasteiger partial charge is 0.506 e. The minimum absolute atomic E-state index is 0.0531. The van der Waals surface area contributed by atoms with Crippen molar-refractivity contribution < 1.29 is 15.0 Å². The number of aliphatic carboxylic acids is 1. The Bertz CT molecular complexity index is 450. The number of hydrogen-bond donors (Lipinski definition) is 3. The van der Waals surface area contributed by atoms with E-state index >= 15 is 0 Å². The molecule has 0 aliphatic heterocycles. The van der Waals surface area contributed by atoms with Gasteiger partial charge in [0, 0.05) is 13.1 Å². The van der Waals surface area contributed by atoms with Gasteiger partial charge in [-0.25, -0.2) is 0 Å². The molecule has 0 saturated carbocycles. The van der Waals surface area contributed by atoms with Crippen LogP contribution in [0.4, 0.5) is 0 Å². The van der Waals surface area contributed by atoms with Gasteiger partial charge in [-0.2, -0.15) is 0 Å². The highest BCUT2D eigenvalue weighted by molar-refractivity contribution is 6.32. The Hall–Kier alpha value is -1.30. The molecule has 0 amide bonds. The van der Waals surface area contributed by atoms with Crippen molar-refractivity contribution in [2.45, 2.75) is 19.9 Å². The van der Waals surface area contributed by atoms with Crippen molar-refractivity contribution in [3.63, 3.8) is 0 Å². The zero-order valence-electron chi connectivity index (χ0n) is 11.8. The second-order valence-electron chi connectivity index (χ2n) is 4.46. The van der Waals surface area contributed by atoms with E-state index in [1.165, 1.54) is 12.1 Å². The van der Waals surface area contributed by atoms with Gasteiger partial charge in [-0.3, -0.25) is 10.1 Å². The van der Waals surface area contributed by atoms with Crippen LogP contribution in [0.15, 0.2) is 18.2 Å². The fourth-order valence-corrected chi connectivity index (χ4v) is 2.15. The molecule has 20 heavy (non-hydrogen) atoms. The number of nitrogens with zero attached hydrogens (tertiary/aromatic N) is 1. The van der Waals surface area contributed by atoms with E-state index in [0.717, 1.165) is 19.6 Å². The van der Waals surface area contributed by atoms with E-state index in [-0.39, 0.29) is 10.8 Å². The lowest BCUT2D eigenvalue weighted by Gasteiger charge is -2.20. The normalized spacial score (nSPS) is 12.6. The molecule has 0 aromatic heterocycles. The number of phenols is 1. The molecule has 0 aliphatic rings. The Morgan fingerprint density at radius 2 is 2.05 bits per heavy atom. The summed E-state index contributed by atoms with van der Waals surface area (Å²) in [6.45, 7) is 7.34. The molecule has 0 fully saturated rings. The average Bonchev–Trinajstić information content (AvgIpc) is 2.42. The number of rotatable bonds is 8. The second kappa shape index (κ2) is 8.09. The lowest BCUT2D eigenvalue weighted by atomic mass is 10.1. The Labute approximate surface area is 124 Å². The fourth-order valence-electron chi connectivity index (χ4n) is 1.96. The monoisotopic (exact) mass is 300 g/mol. The maximum atomic E-state index is 11.3. The number of carboxylic acids is 1. The van der Waals surface area contributed by atoms with Crippen LogP contribution in [0.1, 0.15) is 25.5 Å². The summed E-state index contributed by atoms with van der Waals surface area (Å²) in [5, 5.41) is 21.8. The van der Waals surface area contributed by atoms with Crippen molar-refractivity contribution in [2.24, 2.45) is 0 Å². The van der Waals surface area contributed by atoms with Crippen LogP contribution in [-0.4, -0.2) is 47.3 Å². The number of phenolic OH excluding ortho intramolecular Hbond substituents is 1. The predicted octanol–water partition coefficient (Wildman–Crippen LogP) is 2.10. The van der Waals surface area contributed by atoms with Gasteiger partial charge in [0.15, 0.2) is 0 Å². The molecule has 3 N–H and O–H groups in total. The van der Waals surface area contributed by atoms with Crippen LogP contribution < -0.4 is 5.32 Å². The first-order valence-electron chi connectivity index (χ1n) is 6.66.